The number of furan rings is 1. The molecule has 0 saturated carbocycles. The molecular weight excluding hydrogens is 206 g/mol. The van der Waals surface area contributed by atoms with Crippen LogP contribution < -0.4 is 5.73 Å². The van der Waals surface area contributed by atoms with Crippen molar-refractivity contribution in [3.63, 3.8) is 0 Å². The second-order valence-corrected chi connectivity index (χ2v) is 3.86. The molecule has 1 heterocycles. The van der Waals surface area contributed by atoms with Gasteiger partial charge in [0, 0.05) is 29.1 Å². The minimum absolute atomic E-state index is 0.265. The Labute approximate surface area is 91.0 Å². The third-order valence-electron chi connectivity index (χ3n) is 2.77. The maximum atomic E-state index is 10.9. The summed E-state index contributed by atoms with van der Waals surface area (Å²) in [4.78, 5) is 10.9. The van der Waals surface area contributed by atoms with Crippen LogP contribution >= 0.6 is 0 Å². The first-order valence-corrected chi connectivity index (χ1v) is 4.90. The van der Waals surface area contributed by atoms with Gasteiger partial charge < -0.3 is 15.3 Å². The number of rotatable bonds is 1. The highest BCUT2D eigenvalue weighted by molar-refractivity contribution is 5.95. The highest BCUT2D eigenvalue weighted by Crippen LogP contribution is 2.33. The predicted molar refractivity (Wildman–Crippen MR) is 59.0 cm³/mol. The Bertz CT molecular complexity index is 637. The lowest BCUT2D eigenvalue weighted by Crippen LogP contribution is -1.97. The molecule has 1 aliphatic rings. The number of nitrogens with two attached hydrogens (primary N) is 1. The van der Waals surface area contributed by atoms with Gasteiger partial charge in [0.2, 0.25) is 0 Å². The summed E-state index contributed by atoms with van der Waals surface area (Å²) in [6.07, 6.45) is 2.42. The lowest BCUT2D eigenvalue weighted by atomic mass is 10.1. The van der Waals surface area contributed by atoms with Gasteiger partial charge in [0.05, 0.1) is 5.56 Å². The summed E-state index contributed by atoms with van der Waals surface area (Å²) in [6.45, 7) is 0. The Balaban J connectivity index is 2.27. The van der Waals surface area contributed by atoms with Crippen molar-refractivity contribution < 1.29 is 14.3 Å². The summed E-state index contributed by atoms with van der Waals surface area (Å²) in [5.74, 6) is -0.189. The summed E-state index contributed by atoms with van der Waals surface area (Å²) in [5.41, 5.74) is 8.40. The number of carboxylic acid groups (broad SMARTS) is 1. The smallest absolute Gasteiger partial charge is 0.335 e. The first-order valence-electron chi connectivity index (χ1n) is 4.90. The minimum atomic E-state index is -0.934. The van der Waals surface area contributed by atoms with Gasteiger partial charge in [0.25, 0.3) is 0 Å². The molecule has 4 nitrogen and oxygen atoms in total. The molecule has 3 N–H and O–H groups in total. The van der Waals surface area contributed by atoms with Crippen LogP contribution in [0.2, 0.25) is 0 Å². The molecule has 1 aromatic carbocycles. The molecule has 1 aliphatic carbocycles. The van der Waals surface area contributed by atoms with E-state index in [-0.39, 0.29) is 5.56 Å². The molecule has 0 aliphatic heterocycles. The van der Waals surface area contributed by atoms with E-state index in [0.29, 0.717) is 12.0 Å². The standard InChI is InChI=1S/C12H9NO3/c13-7-4-9-8-3-6(12(14)15)1-2-10(8)16-11(9)5-7/h1-3,5H,4,13H2,(H,14,15). The predicted octanol–water partition coefficient (Wildman–Crippen LogP) is 1.99. The quantitative estimate of drug-likeness (QED) is 0.762. The molecule has 3 rings (SSSR count). The minimum Gasteiger partial charge on any atom is -0.478 e. The molecule has 0 atom stereocenters. The Morgan fingerprint density at radius 1 is 1.44 bits per heavy atom. The van der Waals surface area contributed by atoms with Gasteiger partial charge in [-0.1, -0.05) is 0 Å². The molecule has 80 valence electrons. The fourth-order valence-electron chi connectivity index (χ4n) is 2.02. The molecule has 0 saturated heterocycles. The number of aromatic carboxylic acids is 1. The van der Waals surface area contributed by atoms with Gasteiger partial charge in [-0.3, -0.25) is 0 Å². The van der Waals surface area contributed by atoms with Crippen molar-refractivity contribution in [3.8, 4) is 0 Å². The average Bonchev–Trinajstić information content (AvgIpc) is 2.72. The summed E-state index contributed by atoms with van der Waals surface area (Å²) in [6, 6.07) is 4.85. The van der Waals surface area contributed by atoms with Gasteiger partial charge >= 0.3 is 5.97 Å². The second-order valence-electron chi connectivity index (χ2n) is 3.86. The van der Waals surface area contributed by atoms with Crippen LogP contribution in [0.1, 0.15) is 21.7 Å². The third kappa shape index (κ3) is 1.13. The molecule has 0 unspecified atom stereocenters. The number of fused-ring (bicyclic) bond motifs is 3. The van der Waals surface area contributed by atoms with Crippen LogP contribution in [0.25, 0.3) is 17.0 Å². The Morgan fingerprint density at radius 2 is 2.25 bits per heavy atom. The van der Waals surface area contributed by atoms with E-state index >= 15 is 0 Å². The molecule has 0 fully saturated rings. The van der Waals surface area contributed by atoms with E-state index in [1.807, 2.05) is 0 Å². The SMILES string of the molecule is NC1=Cc2oc3ccc(C(=O)O)cc3c2C1. The van der Waals surface area contributed by atoms with Gasteiger partial charge in [-0.25, -0.2) is 4.79 Å². The maximum Gasteiger partial charge on any atom is 0.335 e. The van der Waals surface area contributed by atoms with E-state index in [4.69, 9.17) is 15.3 Å². The van der Waals surface area contributed by atoms with Gasteiger partial charge in [0.1, 0.15) is 11.3 Å². The molecule has 0 radical (unpaired) electrons. The van der Waals surface area contributed by atoms with Crippen LogP contribution in [0.4, 0.5) is 0 Å². The second kappa shape index (κ2) is 2.88. The van der Waals surface area contributed by atoms with E-state index in [9.17, 15) is 4.79 Å². The number of carbonyl (C=O) groups is 1. The van der Waals surface area contributed by atoms with Crippen LogP contribution in [0.15, 0.2) is 28.3 Å². The van der Waals surface area contributed by atoms with Gasteiger partial charge in [-0.05, 0) is 18.2 Å². The van der Waals surface area contributed by atoms with Gasteiger partial charge in [-0.2, -0.15) is 0 Å². The van der Waals surface area contributed by atoms with E-state index in [0.717, 1.165) is 22.4 Å². The van der Waals surface area contributed by atoms with Crippen molar-refractivity contribution in [1.29, 1.82) is 0 Å². The van der Waals surface area contributed by atoms with Crippen molar-refractivity contribution in [3.05, 3.63) is 40.8 Å². The molecule has 0 bridgehead atoms. The van der Waals surface area contributed by atoms with Crippen LogP contribution in [0, 0.1) is 0 Å². The Morgan fingerprint density at radius 3 is 3.00 bits per heavy atom. The van der Waals surface area contributed by atoms with E-state index in [1.165, 1.54) is 6.07 Å². The normalized spacial score (nSPS) is 13.9. The Kier molecular flexibility index (Phi) is 1.63. The summed E-state index contributed by atoms with van der Waals surface area (Å²) >= 11 is 0. The molecular formula is C12H9NO3. The van der Waals surface area contributed by atoms with Crippen molar-refractivity contribution in [1.82, 2.24) is 0 Å². The van der Waals surface area contributed by atoms with Crippen molar-refractivity contribution in [2.24, 2.45) is 5.73 Å². The highest BCUT2D eigenvalue weighted by atomic mass is 16.4. The number of carboxylic acids is 1. The lowest BCUT2D eigenvalue weighted by Gasteiger charge is -1.96. The van der Waals surface area contributed by atoms with Gasteiger partial charge in [0.15, 0.2) is 0 Å². The zero-order valence-electron chi connectivity index (χ0n) is 8.36. The number of benzene rings is 1. The first kappa shape index (κ1) is 9.03. The molecule has 2 aromatic rings. The first-order chi connectivity index (χ1) is 7.65. The zero-order chi connectivity index (χ0) is 11.3. The fraction of sp³-hybridized carbons (Fsp3) is 0.0833. The summed E-state index contributed by atoms with van der Waals surface area (Å²) in [7, 11) is 0. The largest absolute Gasteiger partial charge is 0.478 e. The number of hydrogen-bond donors (Lipinski definition) is 2. The molecule has 0 spiro atoms. The topological polar surface area (TPSA) is 76.5 Å². The van der Waals surface area contributed by atoms with Crippen molar-refractivity contribution >= 4 is 23.0 Å². The van der Waals surface area contributed by atoms with E-state index in [2.05, 4.69) is 0 Å². The van der Waals surface area contributed by atoms with Crippen LogP contribution in [0.3, 0.4) is 0 Å². The van der Waals surface area contributed by atoms with E-state index in [1.54, 1.807) is 18.2 Å². The van der Waals surface area contributed by atoms with Gasteiger partial charge in [-0.15, -0.1) is 0 Å². The number of allylic oxidation sites excluding steroid dienone is 1. The molecule has 1 aromatic heterocycles. The molecule has 16 heavy (non-hydrogen) atoms. The summed E-state index contributed by atoms with van der Waals surface area (Å²) in [5, 5.41) is 9.75. The number of hydrogen-bond acceptors (Lipinski definition) is 3. The third-order valence-corrected chi connectivity index (χ3v) is 2.77. The monoisotopic (exact) mass is 215 g/mol. The van der Waals surface area contributed by atoms with Crippen molar-refractivity contribution in [2.45, 2.75) is 6.42 Å². The lowest BCUT2D eigenvalue weighted by molar-refractivity contribution is 0.0697. The van der Waals surface area contributed by atoms with Crippen LogP contribution in [-0.4, -0.2) is 11.1 Å². The Hall–Kier alpha value is -2.23. The van der Waals surface area contributed by atoms with Crippen molar-refractivity contribution in [2.75, 3.05) is 0 Å². The molecule has 4 heteroatoms. The van der Waals surface area contributed by atoms with Crippen LogP contribution in [-0.2, 0) is 6.42 Å². The zero-order valence-corrected chi connectivity index (χ0v) is 8.36. The van der Waals surface area contributed by atoms with Crippen LogP contribution in [0.5, 0.6) is 0 Å². The fourth-order valence-corrected chi connectivity index (χ4v) is 2.02. The average molecular weight is 215 g/mol. The maximum absolute atomic E-state index is 10.9. The van der Waals surface area contributed by atoms with E-state index < -0.39 is 5.97 Å². The molecule has 0 amide bonds. The highest BCUT2D eigenvalue weighted by Gasteiger charge is 2.19. The summed E-state index contributed by atoms with van der Waals surface area (Å²) < 4.78 is 5.57.